The number of rotatable bonds is 26. The summed E-state index contributed by atoms with van der Waals surface area (Å²) in [7, 11) is 2.20. The molecule has 3 aromatic rings. The van der Waals surface area contributed by atoms with Crippen LogP contribution in [0.15, 0.2) is 72.8 Å². The smallest absolute Gasteiger partial charge is 0.372 e. The first-order valence-electron chi connectivity index (χ1n) is 21.1. The van der Waals surface area contributed by atoms with Gasteiger partial charge in [-0.25, -0.2) is 4.57 Å². The van der Waals surface area contributed by atoms with Gasteiger partial charge in [0.15, 0.2) is 0 Å². The Bertz CT molecular complexity index is 1380. The molecular formula is C47H76NO4P. The molecule has 0 heterocycles. The van der Waals surface area contributed by atoms with E-state index >= 15 is 0 Å². The average Bonchev–Trinajstić information content (AvgIpc) is 3.12. The molecule has 0 atom stereocenters. The van der Waals surface area contributed by atoms with Crippen molar-refractivity contribution in [2.45, 2.75) is 168 Å². The Kier molecular flexibility index (Phi) is 22.4. The molecular weight excluding hydrogens is 673 g/mol. The maximum absolute atomic E-state index is 12.8. The second-order valence-electron chi connectivity index (χ2n) is 16.5. The van der Waals surface area contributed by atoms with Crippen molar-refractivity contribution in [3.63, 3.8) is 0 Å². The van der Waals surface area contributed by atoms with Gasteiger partial charge in [0.2, 0.25) is 0 Å². The van der Waals surface area contributed by atoms with Crippen molar-refractivity contribution in [3.8, 4) is 11.5 Å². The van der Waals surface area contributed by atoms with Gasteiger partial charge in [0, 0.05) is 5.56 Å². The molecule has 298 valence electrons. The Morgan fingerprint density at radius 2 is 0.925 bits per heavy atom. The first-order valence-corrected chi connectivity index (χ1v) is 22.6. The summed E-state index contributed by atoms with van der Waals surface area (Å²) < 4.78 is 24.6. The molecule has 0 fully saturated rings. The fourth-order valence-corrected chi connectivity index (χ4v) is 7.86. The third-order valence-corrected chi connectivity index (χ3v) is 11.1. The Morgan fingerprint density at radius 3 is 1.38 bits per heavy atom. The lowest BCUT2D eigenvalue weighted by Gasteiger charge is -2.33. The number of phosphoric ester groups is 1. The van der Waals surface area contributed by atoms with Crippen molar-refractivity contribution in [3.05, 3.63) is 89.5 Å². The predicted molar refractivity (Wildman–Crippen MR) is 228 cm³/mol. The van der Waals surface area contributed by atoms with Gasteiger partial charge in [0.05, 0.1) is 21.1 Å². The van der Waals surface area contributed by atoms with Crippen molar-refractivity contribution in [2.75, 3.05) is 21.1 Å². The highest BCUT2D eigenvalue weighted by Crippen LogP contribution is 2.43. The number of quaternary nitrogens is 1. The highest BCUT2D eigenvalue weighted by molar-refractivity contribution is 7.46. The van der Waals surface area contributed by atoms with E-state index in [0.29, 0.717) is 11.5 Å². The number of aryl methyl sites for hydroxylation is 2. The van der Waals surface area contributed by atoms with Gasteiger partial charge in [-0.1, -0.05) is 186 Å². The molecule has 5 nitrogen and oxygen atoms in total. The number of unbranched alkanes of at least 4 members (excludes halogenated alkanes) is 14. The van der Waals surface area contributed by atoms with Crippen LogP contribution in [0.1, 0.15) is 167 Å². The summed E-state index contributed by atoms with van der Waals surface area (Å²) >= 11 is 0. The second-order valence-corrected chi connectivity index (χ2v) is 17.7. The fraction of sp³-hybridized carbons (Fsp3) is 0.617. The maximum Gasteiger partial charge on any atom is 0.372 e. The van der Waals surface area contributed by atoms with E-state index in [4.69, 9.17) is 9.05 Å². The quantitative estimate of drug-likeness (QED) is 0.0466. The second kappa shape index (κ2) is 25.5. The highest BCUT2D eigenvalue weighted by atomic mass is 31.2. The number of nitrogens with zero attached hydrogens (tertiary/aromatic N) is 1. The minimum Gasteiger partial charge on any atom is -0.736 e. The van der Waals surface area contributed by atoms with Crippen LogP contribution in [-0.2, 0) is 22.8 Å². The molecule has 0 radical (unpaired) electrons. The number of hydrogen-bond donors (Lipinski definition) is 0. The summed E-state index contributed by atoms with van der Waals surface area (Å²) in [6.45, 7) is 11.5. The van der Waals surface area contributed by atoms with E-state index < -0.39 is 7.82 Å². The Morgan fingerprint density at radius 1 is 0.547 bits per heavy atom. The minimum atomic E-state index is -4.56. The summed E-state index contributed by atoms with van der Waals surface area (Å²) in [5.74, 6) is 0.753. The third kappa shape index (κ3) is 19.0. The molecule has 0 aliphatic carbocycles. The normalized spacial score (nSPS) is 11.9. The standard InChI is InChI=1S/C30H47O4P.C17H30N/c1-3-5-7-9-11-13-15-21-27-23-17-19-25-29(27)33-35(31,32)34-30-26-20-18-24-28(30)22-16-14-12-10-8-6-4-2;1-7-8-11-14-17(2,3)15-12-9-10-13-16(15)18(4,5)6/h17-20,23-26H,3-16,21-22H2,1-2H3,(H,31,32);9-10,12-13H,7-8,11,14H2,1-6H3/q;+1/p-1. The van der Waals surface area contributed by atoms with Crippen LogP contribution in [0.25, 0.3) is 0 Å². The van der Waals surface area contributed by atoms with Gasteiger partial charge >= 0.3 is 7.82 Å². The predicted octanol–water partition coefficient (Wildman–Crippen LogP) is 13.9. The monoisotopic (exact) mass is 750 g/mol. The Labute approximate surface area is 326 Å². The summed E-state index contributed by atoms with van der Waals surface area (Å²) in [6.07, 6.45) is 23.9. The SMILES string of the molecule is CCCCCC(C)(C)c1ccccc1[N+](C)(C)C.CCCCCCCCCc1ccccc1OP(=O)([O-])Oc1ccccc1CCCCCCCCC. The number of hydrogen-bond acceptors (Lipinski definition) is 4. The summed E-state index contributed by atoms with van der Waals surface area (Å²) in [4.78, 5) is 12.8. The third-order valence-electron chi connectivity index (χ3n) is 10.2. The number of phosphoric acid groups is 1. The van der Waals surface area contributed by atoms with E-state index in [9.17, 15) is 9.46 Å². The van der Waals surface area contributed by atoms with Crippen molar-refractivity contribution < 1.29 is 18.5 Å². The van der Waals surface area contributed by atoms with Gasteiger partial charge in [-0.2, -0.15) is 0 Å². The molecule has 3 rings (SSSR count). The van der Waals surface area contributed by atoms with Crippen LogP contribution in [0, 0.1) is 0 Å². The summed E-state index contributed by atoms with van der Waals surface area (Å²) in [5.41, 5.74) is 5.05. The lowest BCUT2D eigenvalue weighted by Crippen LogP contribution is -2.37. The minimum absolute atomic E-state index is 0.275. The molecule has 0 N–H and O–H groups in total. The zero-order valence-electron chi connectivity index (χ0n) is 35.1. The van der Waals surface area contributed by atoms with Crippen molar-refractivity contribution in [2.24, 2.45) is 0 Å². The van der Waals surface area contributed by atoms with Crippen LogP contribution in [0.2, 0.25) is 0 Å². The zero-order valence-corrected chi connectivity index (χ0v) is 36.0. The van der Waals surface area contributed by atoms with E-state index in [1.807, 2.05) is 24.3 Å². The Hall–Kier alpha value is -2.59. The number of benzene rings is 3. The van der Waals surface area contributed by atoms with E-state index in [1.54, 1.807) is 24.3 Å². The van der Waals surface area contributed by atoms with Gasteiger partial charge in [-0.05, 0) is 66.8 Å². The highest BCUT2D eigenvalue weighted by Gasteiger charge is 2.28. The van der Waals surface area contributed by atoms with Gasteiger partial charge < -0.3 is 13.9 Å². The molecule has 6 heteroatoms. The van der Waals surface area contributed by atoms with E-state index in [2.05, 4.69) is 80.0 Å². The van der Waals surface area contributed by atoms with Gasteiger partial charge in [0.1, 0.15) is 17.2 Å². The topological polar surface area (TPSA) is 58.6 Å². The van der Waals surface area contributed by atoms with E-state index in [1.165, 1.54) is 101 Å². The first kappa shape index (κ1) is 46.6. The van der Waals surface area contributed by atoms with Gasteiger partial charge in [0.25, 0.3) is 0 Å². The molecule has 0 saturated carbocycles. The Balaban J connectivity index is 0.000000453. The maximum atomic E-state index is 12.8. The van der Waals surface area contributed by atoms with E-state index in [-0.39, 0.29) is 5.41 Å². The molecule has 3 aromatic carbocycles. The molecule has 0 saturated heterocycles. The molecule has 0 amide bonds. The number of para-hydroxylation sites is 3. The van der Waals surface area contributed by atoms with Crippen LogP contribution in [0.3, 0.4) is 0 Å². The molecule has 0 aliphatic heterocycles. The lowest BCUT2D eigenvalue weighted by atomic mass is 9.78. The van der Waals surface area contributed by atoms with Crippen LogP contribution in [0.5, 0.6) is 11.5 Å². The van der Waals surface area contributed by atoms with Crippen molar-refractivity contribution in [1.82, 2.24) is 4.48 Å². The van der Waals surface area contributed by atoms with Gasteiger partial charge in [-0.15, -0.1) is 0 Å². The average molecular weight is 750 g/mol. The molecule has 0 spiro atoms. The van der Waals surface area contributed by atoms with E-state index in [0.717, 1.165) is 54.1 Å². The van der Waals surface area contributed by atoms with Crippen molar-refractivity contribution in [1.29, 1.82) is 0 Å². The zero-order chi connectivity index (χ0) is 39.0. The van der Waals surface area contributed by atoms with Crippen LogP contribution in [0.4, 0.5) is 5.69 Å². The summed E-state index contributed by atoms with van der Waals surface area (Å²) in [5, 5.41) is 0. The van der Waals surface area contributed by atoms with Crippen LogP contribution < -0.4 is 18.4 Å². The molecule has 0 aliphatic rings. The van der Waals surface area contributed by atoms with Crippen LogP contribution >= 0.6 is 7.82 Å². The van der Waals surface area contributed by atoms with Gasteiger partial charge in [-0.3, -0.25) is 4.48 Å². The first-order chi connectivity index (χ1) is 25.3. The summed E-state index contributed by atoms with van der Waals surface area (Å²) in [6, 6.07) is 23.7. The molecule has 0 unspecified atom stereocenters. The lowest BCUT2D eigenvalue weighted by molar-refractivity contribution is -0.208. The largest absolute Gasteiger partial charge is 0.736 e. The molecule has 0 aromatic heterocycles. The fourth-order valence-electron chi connectivity index (χ4n) is 6.99. The van der Waals surface area contributed by atoms with Crippen LogP contribution in [-0.4, -0.2) is 21.1 Å². The molecule has 0 bridgehead atoms. The van der Waals surface area contributed by atoms with Crippen molar-refractivity contribution >= 4 is 13.5 Å². The molecule has 53 heavy (non-hydrogen) atoms.